The molecule has 1 aromatic rings. The van der Waals surface area contributed by atoms with Crippen molar-refractivity contribution in [2.24, 2.45) is 5.73 Å². The van der Waals surface area contributed by atoms with Gasteiger partial charge in [0, 0.05) is 23.5 Å². The van der Waals surface area contributed by atoms with Crippen molar-refractivity contribution in [3.8, 4) is 0 Å². The summed E-state index contributed by atoms with van der Waals surface area (Å²) in [6.45, 7) is 0. The van der Waals surface area contributed by atoms with Crippen molar-refractivity contribution in [3.63, 3.8) is 0 Å². The summed E-state index contributed by atoms with van der Waals surface area (Å²) in [5, 5.41) is 2.73. The van der Waals surface area contributed by atoms with Gasteiger partial charge < -0.3 is 16.8 Å². The Labute approximate surface area is 104 Å². The van der Waals surface area contributed by atoms with Crippen LogP contribution in [0.1, 0.15) is 6.42 Å². The van der Waals surface area contributed by atoms with Crippen molar-refractivity contribution < 1.29 is 9.59 Å². The minimum absolute atomic E-state index is 0.0910. The molecular formula is C11H15N3O2S. The number of nitrogens with one attached hydrogen (secondary N) is 1. The molecule has 0 aliphatic carbocycles. The van der Waals surface area contributed by atoms with Gasteiger partial charge in [0.2, 0.25) is 11.8 Å². The lowest BCUT2D eigenvalue weighted by Crippen LogP contribution is -2.15. The maximum absolute atomic E-state index is 11.5. The largest absolute Gasteiger partial charge is 0.399 e. The van der Waals surface area contributed by atoms with Crippen LogP contribution in [-0.4, -0.2) is 23.3 Å². The molecule has 0 radical (unpaired) electrons. The van der Waals surface area contributed by atoms with Crippen LogP contribution in [0.5, 0.6) is 0 Å². The first-order chi connectivity index (χ1) is 8.08. The maximum atomic E-state index is 11.5. The van der Waals surface area contributed by atoms with Gasteiger partial charge >= 0.3 is 0 Å². The van der Waals surface area contributed by atoms with E-state index in [-0.39, 0.29) is 17.6 Å². The molecule has 17 heavy (non-hydrogen) atoms. The summed E-state index contributed by atoms with van der Waals surface area (Å²) >= 11 is 1.35. The Hall–Kier alpha value is -1.69. The Kier molecular flexibility index (Phi) is 5.35. The Morgan fingerprint density at radius 3 is 2.47 bits per heavy atom. The van der Waals surface area contributed by atoms with E-state index in [0.717, 1.165) is 0 Å². The SMILES string of the molecule is NC(=O)CSCCC(=O)Nc1ccc(N)cc1. The number of carbonyl (C=O) groups excluding carboxylic acids is 2. The van der Waals surface area contributed by atoms with Gasteiger partial charge in [-0.15, -0.1) is 0 Å². The molecule has 0 saturated heterocycles. The molecule has 5 N–H and O–H groups in total. The Morgan fingerprint density at radius 1 is 1.24 bits per heavy atom. The van der Waals surface area contributed by atoms with Crippen LogP contribution in [0.25, 0.3) is 0 Å². The fraction of sp³-hybridized carbons (Fsp3) is 0.273. The molecule has 0 bridgehead atoms. The van der Waals surface area contributed by atoms with Crippen LogP contribution < -0.4 is 16.8 Å². The third kappa shape index (κ3) is 5.82. The standard InChI is InChI=1S/C11H15N3O2S/c12-8-1-3-9(4-2-8)14-11(16)5-6-17-7-10(13)15/h1-4H,5-7,12H2,(H2,13,15)(H,14,16). The van der Waals surface area contributed by atoms with E-state index in [0.29, 0.717) is 23.5 Å². The summed E-state index contributed by atoms with van der Waals surface area (Å²) in [7, 11) is 0. The monoisotopic (exact) mass is 253 g/mol. The van der Waals surface area contributed by atoms with Crippen molar-refractivity contribution in [1.82, 2.24) is 0 Å². The minimum Gasteiger partial charge on any atom is -0.399 e. The number of hydrogen-bond donors (Lipinski definition) is 3. The molecule has 0 aliphatic heterocycles. The molecule has 6 heteroatoms. The average molecular weight is 253 g/mol. The Balaban J connectivity index is 2.25. The van der Waals surface area contributed by atoms with Crippen LogP contribution in [0.15, 0.2) is 24.3 Å². The highest BCUT2D eigenvalue weighted by molar-refractivity contribution is 7.99. The number of thioether (sulfide) groups is 1. The summed E-state index contributed by atoms with van der Waals surface area (Å²) < 4.78 is 0. The van der Waals surface area contributed by atoms with Crippen LogP contribution in [0, 0.1) is 0 Å². The Morgan fingerprint density at radius 2 is 1.88 bits per heavy atom. The number of nitrogen functional groups attached to an aromatic ring is 1. The van der Waals surface area contributed by atoms with E-state index in [1.807, 2.05) is 0 Å². The second kappa shape index (κ2) is 6.80. The lowest BCUT2D eigenvalue weighted by Gasteiger charge is -2.04. The van der Waals surface area contributed by atoms with Gasteiger partial charge in [-0.2, -0.15) is 11.8 Å². The zero-order chi connectivity index (χ0) is 12.7. The van der Waals surface area contributed by atoms with Gasteiger partial charge in [0.1, 0.15) is 0 Å². The smallest absolute Gasteiger partial charge is 0.227 e. The second-order valence-corrected chi connectivity index (χ2v) is 4.54. The molecule has 0 aliphatic rings. The molecule has 1 aromatic carbocycles. The number of anilines is 2. The lowest BCUT2D eigenvalue weighted by atomic mass is 10.3. The molecule has 0 saturated carbocycles. The first-order valence-corrected chi connectivity index (χ1v) is 6.25. The van der Waals surface area contributed by atoms with Gasteiger partial charge in [-0.25, -0.2) is 0 Å². The topological polar surface area (TPSA) is 98.2 Å². The lowest BCUT2D eigenvalue weighted by molar-refractivity contribution is -0.116. The van der Waals surface area contributed by atoms with Crippen molar-refractivity contribution >= 4 is 35.0 Å². The molecule has 1 rings (SSSR count). The van der Waals surface area contributed by atoms with E-state index in [4.69, 9.17) is 11.5 Å². The number of hydrogen-bond acceptors (Lipinski definition) is 4. The van der Waals surface area contributed by atoms with Crippen LogP contribution in [0.3, 0.4) is 0 Å². The predicted molar refractivity (Wildman–Crippen MR) is 70.6 cm³/mol. The summed E-state index contributed by atoms with van der Waals surface area (Å²) in [6.07, 6.45) is 0.350. The van der Waals surface area contributed by atoms with Crippen molar-refractivity contribution in [3.05, 3.63) is 24.3 Å². The van der Waals surface area contributed by atoms with Gasteiger partial charge in [-0.3, -0.25) is 9.59 Å². The summed E-state index contributed by atoms with van der Waals surface area (Å²) in [5.41, 5.74) is 11.9. The molecule has 5 nitrogen and oxygen atoms in total. The van der Waals surface area contributed by atoms with Crippen LogP contribution in [-0.2, 0) is 9.59 Å². The fourth-order valence-electron chi connectivity index (χ4n) is 1.13. The minimum atomic E-state index is -0.367. The van der Waals surface area contributed by atoms with E-state index in [1.165, 1.54) is 11.8 Å². The Bertz CT molecular complexity index is 392. The van der Waals surface area contributed by atoms with Crippen molar-refractivity contribution in [1.29, 1.82) is 0 Å². The number of carbonyl (C=O) groups is 2. The zero-order valence-corrected chi connectivity index (χ0v) is 10.1. The van der Waals surface area contributed by atoms with Gasteiger partial charge in [0.05, 0.1) is 5.75 Å². The van der Waals surface area contributed by atoms with Crippen LogP contribution >= 0.6 is 11.8 Å². The summed E-state index contributed by atoms with van der Waals surface area (Å²) in [4.78, 5) is 21.9. The van der Waals surface area contributed by atoms with E-state index in [9.17, 15) is 9.59 Å². The molecule has 0 atom stereocenters. The molecule has 2 amide bonds. The third-order valence-corrected chi connectivity index (χ3v) is 2.89. The van der Waals surface area contributed by atoms with Crippen molar-refractivity contribution in [2.45, 2.75) is 6.42 Å². The molecule has 92 valence electrons. The van der Waals surface area contributed by atoms with E-state index in [2.05, 4.69) is 5.32 Å². The third-order valence-electron chi connectivity index (χ3n) is 1.91. The number of nitrogens with two attached hydrogens (primary N) is 2. The predicted octanol–water partition coefficient (Wildman–Crippen LogP) is 0.816. The van der Waals surface area contributed by atoms with E-state index in [1.54, 1.807) is 24.3 Å². The normalized spacial score (nSPS) is 9.88. The first-order valence-electron chi connectivity index (χ1n) is 5.09. The molecule has 0 spiro atoms. The number of rotatable bonds is 6. The molecule has 0 aromatic heterocycles. The van der Waals surface area contributed by atoms with E-state index < -0.39 is 0 Å². The molecule has 0 fully saturated rings. The quantitative estimate of drug-likeness (QED) is 0.516. The number of benzene rings is 1. The highest BCUT2D eigenvalue weighted by Gasteiger charge is 2.03. The number of primary amides is 1. The summed E-state index contributed by atoms with van der Waals surface area (Å²) in [5.74, 6) is 0.361. The molecular weight excluding hydrogens is 238 g/mol. The molecule has 0 unspecified atom stereocenters. The van der Waals surface area contributed by atoms with Gasteiger partial charge in [0.25, 0.3) is 0 Å². The van der Waals surface area contributed by atoms with E-state index >= 15 is 0 Å². The zero-order valence-electron chi connectivity index (χ0n) is 9.31. The van der Waals surface area contributed by atoms with Crippen LogP contribution in [0.2, 0.25) is 0 Å². The van der Waals surface area contributed by atoms with Gasteiger partial charge in [-0.05, 0) is 24.3 Å². The summed E-state index contributed by atoms with van der Waals surface area (Å²) in [6, 6.07) is 6.92. The second-order valence-electron chi connectivity index (χ2n) is 3.44. The average Bonchev–Trinajstić information content (AvgIpc) is 2.27. The first kappa shape index (κ1) is 13.4. The van der Waals surface area contributed by atoms with Crippen LogP contribution in [0.4, 0.5) is 11.4 Å². The highest BCUT2D eigenvalue weighted by Crippen LogP contribution is 2.11. The van der Waals surface area contributed by atoms with Gasteiger partial charge in [-0.1, -0.05) is 0 Å². The number of amides is 2. The molecule has 0 heterocycles. The highest BCUT2D eigenvalue weighted by atomic mass is 32.2. The van der Waals surface area contributed by atoms with Gasteiger partial charge in [0.15, 0.2) is 0 Å². The van der Waals surface area contributed by atoms with Crippen molar-refractivity contribution in [2.75, 3.05) is 22.6 Å². The fourth-order valence-corrected chi connectivity index (χ4v) is 1.80. The maximum Gasteiger partial charge on any atom is 0.227 e.